The van der Waals surface area contributed by atoms with Crippen molar-refractivity contribution in [2.24, 2.45) is 0 Å². The van der Waals surface area contributed by atoms with E-state index in [4.69, 9.17) is 21.8 Å². The molecule has 0 bridgehead atoms. The van der Waals surface area contributed by atoms with Crippen molar-refractivity contribution in [2.45, 2.75) is 6.92 Å². The van der Waals surface area contributed by atoms with Gasteiger partial charge in [0.2, 0.25) is 0 Å². The highest BCUT2D eigenvalue weighted by Crippen LogP contribution is 1.81. The Balaban J connectivity index is -0.000000131. The Bertz CT molecular complexity index is 165. The van der Waals surface area contributed by atoms with Crippen LogP contribution in [0.2, 0.25) is 0 Å². The van der Waals surface area contributed by atoms with E-state index in [1.165, 1.54) is 6.92 Å². The Morgan fingerprint density at radius 3 is 1.46 bits per heavy atom. The van der Waals surface area contributed by atoms with Crippen LogP contribution in [-0.4, -0.2) is 28.0 Å². The smallest absolute Gasteiger partial charge is 0.330 e. The molecule has 4 nitrogen and oxygen atoms in total. The number of carboxylic acids is 2. The maximum absolute atomic E-state index is 9.60. The third-order valence-corrected chi connectivity index (χ3v) is 0.708. The Labute approximate surface area is 82.1 Å². The first-order valence-electron chi connectivity index (χ1n) is 3.08. The molecule has 5 heteroatoms. The lowest BCUT2D eigenvalue weighted by Gasteiger charge is -1.79. The van der Waals surface area contributed by atoms with Crippen LogP contribution in [0.15, 0.2) is 25.3 Å². The maximum Gasteiger partial charge on any atom is 0.330 e. The second-order valence-electron chi connectivity index (χ2n) is 1.61. The van der Waals surface area contributed by atoms with Crippen LogP contribution < -0.4 is 0 Å². The molecule has 0 amide bonds. The first-order chi connectivity index (χ1) is 5.91. The quantitative estimate of drug-likeness (QED) is 0.412. The number of aliphatic carboxylic acids is 2. The number of alkyl halides is 1. The molecule has 0 radical (unpaired) electrons. The summed E-state index contributed by atoms with van der Waals surface area (Å²) in [7, 11) is 0. The molecule has 0 aromatic carbocycles. The van der Waals surface area contributed by atoms with Gasteiger partial charge in [0.1, 0.15) is 5.88 Å². The average molecular weight is 209 g/mol. The van der Waals surface area contributed by atoms with Crippen LogP contribution in [-0.2, 0) is 9.59 Å². The van der Waals surface area contributed by atoms with Crippen molar-refractivity contribution in [3.8, 4) is 0 Å². The minimum atomic E-state index is -0.980. The molecule has 0 spiro atoms. The van der Waals surface area contributed by atoms with Gasteiger partial charge in [-0.15, -0.1) is 24.8 Å². The molecule has 0 saturated carbocycles. The Hall–Kier alpha value is -1.29. The molecule has 2 N–H and O–H groups in total. The van der Waals surface area contributed by atoms with Gasteiger partial charge < -0.3 is 10.2 Å². The first kappa shape index (κ1) is 17.7. The summed E-state index contributed by atoms with van der Waals surface area (Å²) in [5.41, 5.74) is 0.176. The highest BCUT2D eigenvalue weighted by atomic mass is 35.5. The topological polar surface area (TPSA) is 74.6 Å². The van der Waals surface area contributed by atoms with Gasteiger partial charge in [-0.25, -0.2) is 4.79 Å². The Morgan fingerprint density at radius 1 is 1.31 bits per heavy atom. The lowest BCUT2D eigenvalue weighted by atomic mass is 10.4. The van der Waals surface area contributed by atoms with E-state index in [0.717, 1.165) is 0 Å². The zero-order valence-electron chi connectivity index (χ0n) is 7.42. The number of rotatable bonds is 2. The van der Waals surface area contributed by atoms with E-state index in [1.54, 1.807) is 0 Å². The summed E-state index contributed by atoms with van der Waals surface area (Å²) in [6.45, 7) is 10.6. The van der Waals surface area contributed by atoms with Gasteiger partial charge in [0.25, 0.3) is 0 Å². The minimum Gasteiger partial charge on any atom is -0.480 e. The van der Waals surface area contributed by atoms with Crippen molar-refractivity contribution < 1.29 is 19.8 Å². The normalized spacial score (nSPS) is 6.62. The fraction of sp³-hybridized carbons (Fsp3) is 0.250. The molecule has 0 unspecified atom stereocenters. The first-order valence-corrected chi connectivity index (χ1v) is 3.61. The number of hydrogen-bond donors (Lipinski definition) is 2. The molecule has 0 heterocycles. The molecule has 0 aliphatic rings. The summed E-state index contributed by atoms with van der Waals surface area (Å²) < 4.78 is 0. The van der Waals surface area contributed by atoms with Gasteiger partial charge in [0.05, 0.1) is 0 Å². The van der Waals surface area contributed by atoms with Crippen LogP contribution in [0.5, 0.6) is 0 Å². The molecule has 0 aromatic heterocycles. The highest BCUT2D eigenvalue weighted by Gasteiger charge is 1.90. The standard InChI is InChI=1S/C4H6O2.C2H3ClO2.C2H4/c1-3(2)4(5)6;3-1-2(4)5;1-2/h1H2,2H3,(H,5,6);1H2,(H,4,5);1-2H2. The van der Waals surface area contributed by atoms with Crippen LogP contribution >= 0.6 is 11.6 Å². The van der Waals surface area contributed by atoms with Crippen LogP contribution in [0.3, 0.4) is 0 Å². The second kappa shape index (κ2) is 13.3. The third kappa shape index (κ3) is 36.6. The van der Waals surface area contributed by atoms with Crippen molar-refractivity contribution in [3.63, 3.8) is 0 Å². The van der Waals surface area contributed by atoms with E-state index < -0.39 is 11.9 Å². The number of hydrogen-bond acceptors (Lipinski definition) is 2. The predicted octanol–water partition coefficient (Wildman–Crippen LogP) is 1.76. The van der Waals surface area contributed by atoms with E-state index in [0.29, 0.717) is 0 Å². The van der Waals surface area contributed by atoms with E-state index in [1.807, 2.05) is 0 Å². The van der Waals surface area contributed by atoms with E-state index >= 15 is 0 Å². The average Bonchev–Trinajstić information content (AvgIpc) is 2.09. The monoisotopic (exact) mass is 208 g/mol. The van der Waals surface area contributed by atoms with Gasteiger partial charge >= 0.3 is 11.9 Å². The molecule has 13 heavy (non-hydrogen) atoms. The SMILES string of the molecule is C=C.C=C(C)C(=O)O.O=C(O)CCl. The van der Waals surface area contributed by atoms with Gasteiger partial charge in [-0.3, -0.25) is 4.79 Å². The summed E-state index contributed by atoms with van der Waals surface area (Å²) in [6.07, 6.45) is 0. The molecule has 0 fully saturated rings. The molecule has 76 valence electrons. The molecular weight excluding hydrogens is 196 g/mol. The zero-order valence-corrected chi connectivity index (χ0v) is 8.17. The van der Waals surface area contributed by atoms with Crippen LogP contribution in [0.1, 0.15) is 6.92 Å². The van der Waals surface area contributed by atoms with Crippen molar-refractivity contribution in [1.29, 1.82) is 0 Å². The molecule has 0 atom stereocenters. The van der Waals surface area contributed by atoms with Gasteiger partial charge in [0, 0.05) is 5.57 Å². The van der Waals surface area contributed by atoms with E-state index in [-0.39, 0.29) is 11.5 Å². The number of carbonyl (C=O) groups is 2. The fourth-order valence-electron chi connectivity index (χ4n) is 0. The Kier molecular flexibility index (Phi) is 18.1. The zero-order chi connectivity index (χ0) is 11.4. The van der Waals surface area contributed by atoms with E-state index in [9.17, 15) is 9.59 Å². The molecule has 0 aliphatic carbocycles. The highest BCUT2D eigenvalue weighted by molar-refractivity contribution is 6.26. The fourth-order valence-corrected chi connectivity index (χ4v) is 0. The molecular formula is C8H13ClO4. The van der Waals surface area contributed by atoms with Gasteiger partial charge in [-0.1, -0.05) is 6.58 Å². The Morgan fingerprint density at radius 2 is 1.46 bits per heavy atom. The van der Waals surface area contributed by atoms with Gasteiger partial charge in [0.15, 0.2) is 0 Å². The molecule has 0 aliphatic heterocycles. The lowest BCUT2D eigenvalue weighted by Crippen LogP contribution is -1.92. The van der Waals surface area contributed by atoms with Crippen LogP contribution in [0.25, 0.3) is 0 Å². The van der Waals surface area contributed by atoms with Crippen LogP contribution in [0.4, 0.5) is 0 Å². The van der Waals surface area contributed by atoms with Crippen LogP contribution in [0, 0.1) is 0 Å². The van der Waals surface area contributed by atoms with Crippen molar-refractivity contribution >= 4 is 23.5 Å². The third-order valence-electron chi connectivity index (χ3n) is 0.479. The molecule has 0 aromatic rings. The predicted molar refractivity (Wildman–Crippen MR) is 52.1 cm³/mol. The van der Waals surface area contributed by atoms with Gasteiger partial charge in [-0.05, 0) is 6.92 Å². The van der Waals surface area contributed by atoms with Crippen molar-refractivity contribution in [1.82, 2.24) is 0 Å². The largest absolute Gasteiger partial charge is 0.480 e. The summed E-state index contributed by atoms with van der Waals surface area (Å²) in [4.78, 5) is 18.8. The summed E-state index contributed by atoms with van der Waals surface area (Å²) in [5.74, 6) is -2.22. The second-order valence-corrected chi connectivity index (χ2v) is 1.88. The summed E-state index contributed by atoms with van der Waals surface area (Å²) >= 11 is 4.74. The van der Waals surface area contributed by atoms with Crippen molar-refractivity contribution in [3.05, 3.63) is 25.3 Å². The number of carboxylic acid groups (broad SMARTS) is 2. The number of halogens is 1. The van der Waals surface area contributed by atoms with Crippen molar-refractivity contribution in [2.75, 3.05) is 5.88 Å². The summed E-state index contributed by atoms with van der Waals surface area (Å²) in [6, 6.07) is 0. The summed E-state index contributed by atoms with van der Waals surface area (Å²) in [5, 5.41) is 15.5. The van der Waals surface area contributed by atoms with Gasteiger partial charge in [-0.2, -0.15) is 0 Å². The minimum absolute atomic E-state index is 0.176. The maximum atomic E-state index is 9.60. The lowest BCUT2D eigenvalue weighted by molar-refractivity contribution is -0.134. The van der Waals surface area contributed by atoms with E-state index in [2.05, 4.69) is 19.7 Å². The molecule has 0 saturated heterocycles. The molecule has 0 rings (SSSR count).